The summed E-state index contributed by atoms with van der Waals surface area (Å²) in [6, 6.07) is 2.25. The van der Waals surface area contributed by atoms with Gasteiger partial charge >= 0.3 is 5.69 Å². The maximum atomic E-state index is 13.7. The Hall–Kier alpha value is -1.76. The molecule has 0 aliphatic carbocycles. The quantitative estimate of drug-likeness (QED) is 0.668. The molecular weight excluding hydrogens is 268 g/mol. The van der Waals surface area contributed by atoms with Crippen molar-refractivity contribution >= 4 is 11.4 Å². The van der Waals surface area contributed by atoms with E-state index in [4.69, 9.17) is 0 Å². The lowest BCUT2D eigenvalue weighted by molar-refractivity contribution is -0.386. The summed E-state index contributed by atoms with van der Waals surface area (Å²) in [4.78, 5) is 12.0. The second-order valence-electron chi connectivity index (χ2n) is 5.39. The fourth-order valence-corrected chi connectivity index (χ4v) is 3.14. The highest BCUT2D eigenvalue weighted by Crippen LogP contribution is 2.34. The van der Waals surface area contributed by atoms with Crippen molar-refractivity contribution in [1.29, 1.82) is 0 Å². The fraction of sp³-hybridized carbons (Fsp3) is 0.538. The molecule has 7 heteroatoms. The number of anilines is 1. The zero-order chi connectivity index (χ0) is 14.3. The van der Waals surface area contributed by atoms with E-state index in [0.717, 1.165) is 25.3 Å². The van der Waals surface area contributed by atoms with E-state index < -0.39 is 22.2 Å². The Balaban J connectivity index is 1.98. The molecular formula is C13H15F2N3O2. The zero-order valence-corrected chi connectivity index (χ0v) is 10.8. The van der Waals surface area contributed by atoms with Gasteiger partial charge in [-0.15, -0.1) is 0 Å². The smallest absolute Gasteiger partial charge is 0.328 e. The Morgan fingerprint density at radius 3 is 2.75 bits per heavy atom. The SMILES string of the molecule is O=[N+]([O-])c1c(F)cc(F)cc1N1CCC2CCC(C1)N2. The third kappa shape index (κ3) is 2.33. The average molecular weight is 283 g/mol. The van der Waals surface area contributed by atoms with Crippen LogP contribution in [-0.2, 0) is 0 Å². The summed E-state index contributed by atoms with van der Waals surface area (Å²) < 4.78 is 27.1. The number of nitrogens with zero attached hydrogens (tertiary/aromatic N) is 2. The molecule has 108 valence electrons. The third-order valence-corrected chi connectivity index (χ3v) is 4.05. The normalized spacial score (nSPS) is 25.6. The van der Waals surface area contributed by atoms with E-state index in [1.807, 2.05) is 0 Å². The first kappa shape index (κ1) is 13.2. The maximum Gasteiger partial charge on any atom is 0.328 e. The number of hydrogen-bond donors (Lipinski definition) is 1. The second-order valence-corrected chi connectivity index (χ2v) is 5.39. The summed E-state index contributed by atoms with van der Waals surface area (Å²) in [5, 5.41) is 14.5. The summed E-state index contributed by atoms with van der Waals surface area (Å²) in [5.74, 6) is -1.90. The molecule has 3 rings (SSSR count). The summed E-state index contributed by atoms with van der Waals surface area (Å²) >= 11 is 0. The Morgan fingerprint density at radius 2 is 2.00 bits per heavy atom. The molecule has 0 aromatic heterocycles. The lowest BCUT2D eigenvalue weighted by Gasteiger charge is -2.26. The Bertz CT molecular complexity index is 553. The largest absolute Gasteiger partial charge is 0.364 e. The molecule has 20 heavy (non-hydrogen) atoms. The van der Waals surface area contributed by atoms with Gasteiger partial charge < -0.3 is 10.2 Å². The van der Waals surface area contributed by atoms with Crippen LogP contribution in [0.5, 0.6) is 0 Å². The highest BCUT2D eigenvalue weighted by Gasteiger charge is 2.33. The van der Waals surface area contributed by atoms with Crippen molar-refractivity contribution in [2.24, 2.45) is 0 Å². The van der Waals surface area contributed by atoms with Gasteiger partial charge in [-0.05, 0) is 19.3 Å². The van der Waals surface area contributed by atoms with Crippen molar-refractivity contribution in [3.63, 3.8) is 0 Å². The van der Waals surface area contributed by atoms with Crippen LogP contribution in [-0.4, -0.2) is 30.1 Å². The number of fused-ring (bicyclic) bond motifs is 2. The number of nitro benzene ring substituents is 1. The second kappa shape index (κ2) is 4.97. The maximum absolute atomic E-state index is 13.7. The predicted molar refractivity (Wildman–Crippen MR) is 69.8 cm³/mol. The number of rotatable bonds is 2. The average Bonchev–Trinajstić information content (AvgIpc) is 2.67. The third-order valence-electron chi connectivity index (χ3n) is 4.05. The zero-order valence-electron chi connectivity index (χ0n) is 10.8. The number of benzene rings is 1. The van der Waals surface area contributed by atoms with Crippen LogP contribution in [0.15, 0.2) is 12.1 Å². The summed E-state index contributed by atoms with van der Waals surface area (Å²) in [5.41, 5.74) is -0.592. The van der Waals surface area contributed by atoms with Crippen LogP contribution < -0.4 is 10.2 Å². The van der Waals surface area contributed by atoms with Gasteiger partial charge in [0.1, 0.15) is 11.5 Å². The van der Waals surface area contributed by atoms with E-state index in [9.17, 15) is 18.9 Å². The highest BCUT2D eigenvalue weighted by atomic mass is 19.1. The fourth-order valence-electron chi connectivity index (χ4n) is 3.14. The first-order valence-corrected chi connectivity index (χ1v) is 6.69. The molecule has 5 nitrogen and oxygen atoms in total. The Labute approximate surface area is 114 Å². The molecule has 2 saturated heterocycles. The van der Waals surface area contributed by atoms with Crippen LogP contribution in [0.4, 0.5) is 20.2 Å². The molecule has 2 bridgehead atoms. The van der Waals surface area contributed by atoms with Crippen molar-refractivity contribution < 1.29 is 13.7 Å². The van der Waals surface area contributed by atoms with E-state index in [1.165, 1.54) is 0 Å². The minimum Gasteiger partial charge on any atom is -0.364 e. The molecule has 2 heterocycles. The van der Waals surface area contributed by atoms with Crippen molar-refractivity contribution in [3.8, 4) is 0 Å². The highest BCUT2D eigenvalue weighted by molar-refractivity contribution is 5.64. The van der Waals surface area contributed by atoms with Crippen LogP contribution in [0.25, 0.3) is 0 Å². The number of hydrogen-bond acceptors (Lipinski definition) is 4. The first-order chi connectivity index (χ1) is 9.54. The van der Waals surface area contributed by atoms with Crippen molar-refractivity contribution in [2.75, 3.05) is 18.0 Å². The molecule has 0 radical (unpaired) electrons. The molecule has 0 amide bonds. The van der Waals surface area contributed by atoms with E-state index in [2.05, 4.69) is 5.32 Å². The molecule has 2 aliphatic rings. The van der Waals surface area contributed by atoms with Crippen molar-refractivity contribution in [3.05, 3.63) is 33.9 Å². The monoisotopic (exact) mass is 283 g/mol. The van der Waals surface area contributed by atoms with E-state index in [-0.39, 0.29) is 11.7 Å². The lowest BCUT2D eigenvalue weighted by atomic mass is 10.1. The Morgan fingerprint density at radius 1 is 1.25 bits per heavy atom. The van der Waals surface area contributed by atoms with Gasteiger partial charge in [-0.1, -0.05) is 0 Å². The Kier molecular flexibility index (Phi) is 3.29. The van der Waals surface area contributed by atoms with Gasteiger partial charge in [-0.25, -0.2) is 4.39 Å². The standard InChI is InChI=1S/C13H15F2N3O2/c14-8-5-11(15)13(18(19)20)12(6-8)17-4-3-9-1-2-10(7-17)16-9/h5-6,9-10,16H,1-4,7H2. The van der Waals surface area contributed by atoms with Gasteiger partial charge in [0.05, 0.1) is 4.92 Å². The minimum atomic E-state index is -1.12. The number of nitro groups is 1. The van der Waals surface area contributed by atoms with Crippen LogP contribution in [0.1, 0.15) is 19.3 Å². The molecule has 1 aromatic carbocycles. The topological polar surface area (TPSA) is 58.4 Å². The molecule has 0 spiro atoms. The van der Waals surface area contributed by atoms with Crippen LogP contribution in [0, 0.1) is 21.7 Å². The number of halogens is 2. The van der Waals surface area contributed by atoms with Crippen LogP contribution in [0.3, 0.4) is 0 Å². The van der Waals surface area contributed by atoms with E-state index >= 15 is 0 Å². The van der Waals surface area contributed by atoms with E-state index in [1.54, 1.807) is 4.90 Å². The van der Waals surface area contributed by atoms with Gasteiger partial charge in [-0.2, -0.15) is 4.39 Å². The van der Waals surface area contributed by atoms with Crippen LogP contribution in [0.2, 0.25) is 0 Å². The van der Waals surface area contributed by atoms with Crippen LogP contribution >= 0.6 is 0 Å². The first-order valence-electron chi connectivity index (χ1n) is 6.69. The van der Waals surface area contributed by atoms with Crippen molar-refractivity contribution in [1.82, 2.24) is 5.32 Å². The van der Waals surface area contributed by atoms with Crippen molar-refractivity contribution in [2.45, 2.75) is 31.3 Å². The summed E-state index contributed by atoms with van der Waals surface area (Å²) in [6.45, 7) is 1.11. The van der Waals surface area contributed by atoms with Gasteiger partial charge in [-0.3, -0.25) is 10.1 Å². The van der Waals surface area contributed by atoms with Gasteiger partial charge in [0, 0.05) is 37.3 Å². The summed E-state index contributed by atoms with van der Waals surface area (Å²) in [6.07, 6.45) is 2.91. The van der Waals surface area contributed by atoms with Gasteiger partial charge in [0.25, 0.3) is 0 Å². The van der Waals surface area contributed by atoms with Gasteiger partial charge in [0.15, 0.2) is 0 Å². The molecule has 2 fully saturated rings. The minimum absolute atomic E-state index is 0.0434. The predicted octanol–water partition coefficient (Wildman–Crippen LogP) is 2.20. The lowest BCUT2D eigenvalue weighted by Crippen LogP contribution is -2.35. The molecule has 2 aliphatic heterocycles. The molecule has 1 N–H and O–H groups in total. The molecule has 2 unspecified atom stereocenters. The number of nitrogens with one attached hydrogen (secondary N) is 1. The van der Waals surface area contributed by atoms with Gasteiger partial charge in [0.2, 0.25) is 5.82 Å². The summed E-state index contributed by atoms with van der Waals surface area (Å²) in [7, 11) is 0. The van der Waals surface area contributed by atoms with E-state index in [0.29, 0.717) is 25.2 Å². The molecule has 0 saturated carbocycles. The molecule has 2 atom stereocenters. The molecule has 1 aromatic rings.